The molecule has 0 bridgehead atoms. The molecule has 0 aliphatic rings. The number of rotatable bonds is 7. The van der Waals surface area contributed by atoms with Crippen molar-refractivity contribution >= 4 is 5.91 Å². The number of nitrogens with one attached hydrogen (secondary N) is 1. The predicted molar refractivity (Wildman–Crippen MR) is 90.5 cm³/mol. The number of hydrogen-bond acceptors (Lipinski definition) is 3. The fraction of sp³-hybridized carbons (Fsp3) is 0.316. The van der Waals surface area contributed by atoms with Crippen molar-refractivity contribution in [1.82, 2.24) is 5.32 Å². The van der Waals surface area contributed by atoms with E-state index in [2.05, 4.69) is 5.32 Å². The Morgan fingerprint density at radius 3 is 2.52 bits per heavy atom. The molecule has 0 aliphatic carbocycles. The van der Waals surface area contributed by atoms with E-state index in [1.54, 1.807) is 38.1 Å². The van der Waals surface area contributed by atoms with Crippen molar-refractivity contribution < 1.29 is 23.4 Å². The van der Waals surface area contributed by atoms with E-state index in [-0.39, 0.29) is 18.8 Å². The zero-order valence-electron chi connectivity index (χ0n) is 14.1. The molecule has 134 valence electrons. The second kappa shape index (κ2) is 8.58. The zero-order chi connectivity index (χ0) is 18.4. The summed E-state index contributed by atoms with van der Waals surface area (Å²) in [5, 5.41) is 12.7. The van der Waals surface area contributed by atoms with Crippen LogP contribution in [0.4, 0.5) is 8.78 Å². The number of hydrogen-bond donors (Lipinski definition) is 2. The first kappa shape index (κ1) is 18.9. The van der Waals surface area contributed by atoms with Crippen molar-refractivity contribution in [3.05, 3.63) is 65.2 Å². The number of ether oxygens (including phenoxy) is 1. The Morgan fingerprint density at radius 1 is 1.20 bits per heavy atom. The normalized spacial score (nSPS) is 13.2. The van der Waals surface area contributed by atoms with Gasteiger partial charge in [0.05, 0.1) is 12.7 Å². The number of carbonyl (C=O) groups excluding carboxylic acids is 1. The molecule has 2 aromatic rings. The minimum atomic E-state index is -1.03. The van der Waals surface area contributed by atoms with Gasteiger partial charge in [-0.1, -0.05) is 30.3 Å². The summed E-state index contributed by atoms with van der Waals surface area (Å²) >= 11 is 0. The van der Waals surface area contributed by atoms with Gasteiger partial charge in [0.25, 0.3) is 5.91 Å². The number of amides is 1. The Hall–Kier alpha value is -2.47. The van der Waals surface area contributed by atoms with Crippen LogP contribution in [0.25, 0.3) is 0 Å². The maximum atomic E-state index is 14.3. The molecule has 0 heterocycles. The highest BCUT2D eigenvalue weighted by Crippen LogP contribution is 2.24. The molecule has 2 unspecified atom stereocenters. The third-order valence-electron chi connectivity index (χ3n) is 3.72. The van der Waals surface area contributed by atoms with E-state index in [1.807, 2.05) is 6.07 Å². The number of aliphatic hydroxyl groups excluding tert-OH is 1. The minimum absolute atomic E-state index is 0.175. The molecule has 2 atom stereocenters. The van der Waals surface area contributed by atoms with Crippen LogP contribution in [0, 0.1) is 11.6 Å². The maximum absolute atomic E-state index is 14.3. The molecule has 6 heteroatoms. The van der Waals surface area contributed by atoms with E-state index in [0.29, 0.717) is 5.56 Å². The molecule has 4 nitrogen and oxygen atoms in total. The molecule has 2 rings (SSSR count). The minimum Gasteiger partial charge on any atom is -0.491 e. The highest BCUT2D eigenvalue weighted by Gasteiger charge is 2.23. The molecular formula is C19H21F2NO3. The van der Waals surface area contributed by atoms with Gasteiger partial charge < -0.3 is 15.2 Å². The van der Waals surface area contributed by atoms with Gasteiger partial charge in [-0.15, -0.1) is 0 Å². The van der Waals surface area contributed by atoms with Crippen LogP contribution in [-0.4, -0.2) is 23.7 Å². The summed E-state index contributed by atoms with van der Waals surface area (Å²) in [4.78, 5) is 12.2. The van der Waals surface area contributed by atoms with Crippen LogP contribution in [0.1, 0.15) is 42.3 Å². The van der Waals surface area contributed by atoms with Gasteiger partial charge in [-0.25, -0.2) is 8.78 Å². The van der Waals surface area contributed by atoms with Gasteiger partial charge in [-0.2, -0.15) is 0 Å². The van der Waals surface area contributed by atoms with Crippen LogP contribution in [0.3, 0.4) is 0 Å². The van der Waals surface area contributed by atoms with E-state index < -0.39 is 35.3 Å². The second-order valence-corrected chi connectivity index (χ2v) is 5.70. The van der Waals surface area contributed by atoms with E-state index in [9.17, 15) is 18.7 Å². The lowest BCUT2D eigenvalue weighted by molar-refractivity contribution is 0.0907. The molecule has 0 aliphatic heterocycles. The lowest BCUT2D eigenvalue weighted by atomic mass is 10.0. The smallest absolute Gasteiger partial charge is 0.257 e. The quantitative estimate of drug-likeness (QED) is 0.803. The monoisotopic (exact) mass is 349 g/mol. The summed E-state index contributed by atoms with van der Waals surface area (Å²) in [5.74, 6) is -3.06. The fourth-order valence-electron chi connectivity index (χ4n) is 2.51. The first-order chi connectivity index (χ1) is 11.9. The molecule has 2 N–H and O–H groups in total. The molecule has 0 fully saturated rings. The Morgan fingerprint density at radius 2 is 1.88 bits per heavy atom. The van der Waals surface area contributed by atoms with E-state index in [4.69, 9.17) is 4.74 Å². The van der Waals surface area contributed by atoms with Gasteiger partial charge in [-0.05, 0) is 38.0 Å². The third kappa shape index (κ3) is 4.76. The van der Waals surface area contributed by atoms with Crippen molar-refractivity contribution in [3.8, 4) is 5.75 Å². The molecule has 2 aromatic carbocycles. The largest absolute Gasteiger partial charge is 0.491 e. The standard InChI is InChI=1S/C19H21F2NO3/c1-3-25-16-10-9-14(20)17(18(16)21)19(24)22-12(2)11-15(23)13-7-5-4-6-8-13/h4-10,12,15,23H,3,11H2,1-2H3,(H,22,24). The summed E-state index contributed by atoms with van der Waals surface area (Å²) in [6.07, 6.45) is -0.578. The molecule has 0 aromatic heterocycles. The number of aliphatic hydroxyl groups is 1. The van der Waals surface area contributed by atoms with Crippen molar-refractivity contribution in [2.75, 3.05) is 6.61 Å². The summed E-state index contributed by atoms with van der Waals surface area (Å²) in [6.45, 7) is 3.52. The van der Waals surface area contributed by atoms with Gasteiger partial charge in [0.15, 0.2) is 11.6 Å². The highest BCUT2D eigenvalue weighted by molar-refractivity contribution is 5.95. The third-order valence-corrected chi connectivity index (χ3v) is 3.72. The SMILES string of the molecule is CCOc1ccc(F)c(C(=O)NC(C)CC(O)c2ccccc2)c1F. The van der Waals surface area contributed by atoms with Gasteiger partial charge in [0.2, 0.25) is 0 Å². The number of benzene rings is 2. The maximum Gasteiger partial charge on any atom is 0.257 e. The Kier molecular flexibility index (Phi) is 6.47. The lowest BCUT2D eigenvalue weighted by Crippen LogP contribution is -2.35. The number of halogens is 2. The van der Waals surface area contributed by atoms with Crippen molar-refractivity contribution in [1.29, 1.82) is 0 Å². The first-order valence-corrected chi connectivity index (χ1v) is 8.08. The topological polar surface area (TPSA) is 58.6 Å². The fourth-order valence-corrected chi connectivity index (χ4v) is 2.51. The highest BCUT2D eigenvalue weighted by atomic mass is 19.1. The second-order valence-electron chi connectivity index (χ2n) is 5.70. The van der Waals surface area contributed by atoms with Gasteiger partial charge in [0.1, 0.15) is 11.4 Å². The van der Waals surface area contributed by atoms with Crippen molar-refractivity contribution in [2.45, 2.75) is 32.4 Å². The van der Waals surface area contributed by atoms with Crippen molar-refractivity contribution in [3.63, 3.8) is 0 Å². The summed E-state index contributed by atoms with van der Waals surface area (Å²) in [7, 11) is 0. The Labute approximate surface area is 145 Å². The summed E-state index contributed by atoms with van der Waals surface area (Å²) in [5.41, 5.74) is 0.0197. The summed E-state index contributed by atoms with van der Waals surface area (Å²) < 4.78 is 33.2. The molecule has 0 spiro atoms. The van der Waals surface area contributed by atoms with Gasteiger partial charge >= 0.3 is 0 Å². The molecule has 0 radical (unpaired) electrons. The lowest BCUT2D eigenvalue weighted by Gasteiger charge is -2.19. The molecule has 25 heavy (non-hydrogen) atoms. The molecule has 0 saturated heterocycles. The number of carbonyl (C=O) groups is 1. The van der Waals surface area contributed by atoms with Gasteiger partial charge in [-0.3, -0.25) is 4.79 Å². The van der Waals surface area contributed by atoms with Crippen LogP contribution in [0.5, 0.6) is 5.75 Å². The van der Waals surface area contributed by atoms with Gasteiger partial charge in [0, 0.05) is 6.04 Å². The Balaban J connectivity index is 2.07. The molecule has 1 amide bonds. The van der Waals surface area contributed by atoms with Crippen LogP contribution in [-0.2, 0) is 0 Å². The first-order valence-electron chi connectivity index (χ1n) is 8.08. The Bertz CT molecular complexity index is 722. The van der Waals surface area contributed by atoms with E-state index in [1.165, 1.54) is 0 Å². The average molecular weight is 349 g/mol. The van der Waals surface area contributed by atoms with Crippen LogP contribution in [0.15, 0.2) is 42.5 Å². The molecule has 0 saturated carbocycles. The van der Waals surface area contributed by atoms with E-state index in [0.717, 1.165) is 12.1 Å². The van der Waals surface area contributed by atoms with Crippen LogP contribution < -0.4 is 10.1 Å². The van der Waals surface area contributed by atoms with E-state index >= 15 is 0 Å². The zero-order valence-corrected chi connectivity index (χ0v) is 14.1. The van der Waals surface area contributed by atoms with Crippen LogP contribution >= 0.6 is 0 Å². The molecular weight excluding hydrogens is 328 g/mol. The van der Waals surface area contributed by atoms with Crippen LogP contribution in [0.2, 0.25) is 0 Å². The average Bonchev–Trinajstić information content (AvgIpc) is 2.58. The predicted octanol–water partition coefficient (Wildman–Crippen LogP) is 3.61. The van der Waals surface area contributed by atoms with Crippen molar-refractivity contribution in [2.24, 2.45) is 0 Å². The summed E-state index contributed by atoms with van der Waals surface area (Å²) in [6, 6.07) is 10.6.